The van der Waals surface area contributed by atoms with E-state index in [1.807, 2.05) is 13.8 Å². The molecule has 9 nitrogen and oxygen atoms in total. The number of nitro groups is 1. The van der Waals surface area contributed by atoms with Gasteiger partial charge in [0.25, 0.3) is 11.6 Å². The van der Waals surface area contributed by atoms with E-state index in [1.54, 1.807) is 6.92 Å². The van der Waals surface area contributed by atoms with Crippen LogP contribution in [-0.4, -0.2) is 30.6 Å². The van der Waals surface area contributed by atoms with E-state index in [0.29, 0.717) is 5.82 Å². The lowest BCUT2D eigenvalue weighted by Crippen LogP contribution is -2.18. The lowest BCUT2D eigenvalue weighted by Gasteiger charge is -2.10. The van der Waals surface area contributed by atoms with Crippen LogP contribution >= 0.6 is 0 Å². The van der Waals surface area contributed by atoms with Crippen molar-refractivity contribution in [3.63, 3.8) is 0 Å². The first-order chi connectivity index (χ1) is 9.38. The average molecular weight is 278 g/mol. The Bertz CT molecular complexity index is 657. The molecule has 2 aromatic rings. The van der Waals surface area contributed by atoms with Gasteiger partial charge in [0.15, 0.2) is 0 Å². The molecular weight excluding hydrogens is 264 g/mol. The van der Waals surface area contributed by atoms with Crippen molar-refractivity contribution >= 4 is 17.5 Å². The summed E-state index contributed by atoms with van der Waals surface area (Å²) in [6, 6.07) is 1.15. The maximum absolute atomic E-state index is 12.1. The first kappa shape index (κ1) is 13.7. The Labute approximate surface area is 114 Å². The number of aromatic nitrogens is 4. The molecule has 0 fully saturated rings. The number of aryl methyl sites for hydroxylation is 1. The minimum Gasteiger partial charge on any atom is -0.335 e. The van der Waals surface area contributed by atoms with Crippen LogP contribution in [0.2, 0.25) is 0 Å². The molecular formula is C11H14N6O3. The van der Waals surface area contributed by atoms with Crippen LogP contribution in [0.15, 0.2) is 12.3 Å². The predicted octanol–water partition coefficient (Wildman–Crippen LogP) is 1.66. The van der Waals surface area contributed by atoms with E-state index >= 15 is 0 Å². The average Bonchev–Trinajstić information content (AvgIpc) is 2.95. The molecule has 0 bridgehead atoms. The minimum atomic E-state index is -0.535. The zero-order valence-electron chi connectivity index (χ0n) is 11.2. The first-order valence-electron chi connectivity index (χ1n) is 5.95. The first-order valence-corrected chi connectivity index (χ1v) is 5.95. The van der Waals surface area contributed by atoms with Gasteiger partial charge >= 0.3 is 0 Å². The third kappa shape index (κ3) is 2.66. The van der Waals surface area contributed by atoms with Crippen molar-refractivity contribution in [3.8, 4) is 0 Å². The van der Waals surface area contributed by atoms with Gasteiger partial charge in [0.2, 0.25) is 5.95 Å². The number of hydrogen-bond acceptors (Lipinski definition) is 5. The molecule has 0 saturated carbocycles. The molecule has 0 unspecified atom stereocenters. The molecule has 2 heterocycles. The number of anilines is 1. The number of rotatable bonds is 4. The number of carbonyl (C=O) groups excluding carboxylic acids is 1. The smallest absolute Gasteiger partial charge is 0.287 e. The fourth-order valence-corrected chi connectivity index (χ4v) is 1.74. The molecule has 0 radical (unpaired) electrons. The van der Waals surface area contributed by atoms with Crippen LogP contribution in [0.3, 0.4) is 0 Å². The molecule has 2 rings (SSSR count). The second-order valence-electron chi connectivity index (χ2n) is 4.54. The molecule has 0 saturated heterocycles. The summed E-state index contributed by atoms with van der Waals surface area (Å²) in [6.45, 7) is 5.36. The Kier molecular flexibility index (Phi) is 3.51. The summed E-state index contributed by atoms with van der Waals surface area (Å²) in [6.07, 6.45) is 1.34. The van der Waals surface area contributed by atoms with Gasteiger partial charge in [0, 0.05) is 12.1 Å². The zero-order valence-corrected chi connectivity index (χ0v) is 11.2. The van der Waals surface area contributed by atoms with Gasteiger partial charge in [-0.15, -0.1) is 5.10 Å². The highest BCUT2D eigenvalue weighted by Gasteiger charge is 2.21. The second-order valence-corrected chi connectivity index (χ2v) is 4.54. The lowest BCUT2D eigenvalue weighted by atomic mass is 10.3. The van der Waals surface area contributed by atoms with E-state index < -0.39 is 10.8 Å². The van der Waals surface area contributed by atoms with Crippen molar-refractivity contribution in [2.75, 3.05) is 5.32 Å². The van der Waals surface area contributed by atoms with Gasteiger partial charge in [-0.05, 0) is 20.8 Å². The number of nitrogens with zero attached hydrogens (tertiary/aromatic N) is 4. The lowest BCUT2D eigenvalue weighted by molar-refractivity contribution is -0.384. The standard InChI is InChI=1S/C11H14N6O3/c1-6(2)16-5-8(17(19)20)4-9(16)10(18)13-11-12-7(3)14-15-11/h4-6H,1-3H3,(H2,12,13,14,15,18). The number of carbonyl (C=O) groups is 1. The number of aromatic amines is 1. The van der Waals surface area contributed by atoms with Crippen LogP contribution in [0.4, 0.5) is 11.6 Å². The van der Waals surface area contributed by atoms with Gasteiger partial charge in [-0.25, -0.2) is 0 Å². The molecule has 0 aromatic carbocycles. The Hall–Kier alpha value is -2.71. The fraction of sp³-hybridized carbons (Fsp3) is 0.364. The van der Waals surface area contributed by atoms with Crippen LogP contribution in [0.5, 0.6) is 0 Å². The van der Waals surface area contributed by atoms with E-state index in [0.717, 1.165) is 0 Å². The number of H-pyrrole nitrogens is 1. The molecule has 106 valence electrons. The van der Waals surface area contributed by atoms with E-state index in [2.05, 4.69) is 20.5 Å². The number of hydrogen-bond donors (Lipinski definition) is 2. The zero-order chi connectivity index (χ0) is 14.9. The number of amides is 1. The van der Waals surface area contributed by atoms with Gasteiger partial charge < -0.3 is 4.57 Å². The van der Waals surface area contributed by atoms with Crippen LogP contribution in [0.1, 0.15) is 36.2 Å². The fourth-order valence-electron chi connectivity index (χ4n) is 1.74. The highest BCUT2D eigenvalue weighted by molar-refractivity contribution is 6.02. The Morgan fingerprint density at radius 1 is 1.55 bits per heavy atom. The summed E-state index contributed by atoms with van der Waals surface area (Å²) in [5.74, 6) is 0.197. The highest BCUT2D eigenvalue weighted by Crippen LogP contribution is 2.21. The van der Waals surface area contributed by atoms with E-state index in [9.17, 15) is 14.9 Å². The van der Waals surface area contributed by atoms with Crippen molar-refractivity contribution in [3.05, 3.63) is 33.9 Å². The van der Waals surface area contributed by atoms with E-state index in [1.165, 1.54) is 16.8 Å². The third-order valence-corrected chi connectivity index (χ3v) is 2.66. The quantitative estimate of drug-likeness (QED) is 0.651. The van der Waals surface area contributed by atoms with Crippen LogP contribution in [-0.2, 0) is 0 Å². The highest BCUT2D eigenvalue weighted by atomic mass is 16.6. The Balaban J connectivity index is 2.30. The summed E-state index contributed by atoms with van der Waals surface area (Å²) >= 11 is 0. The topological polar surface area (TPSA) is 119 Å². The normalized spacial score (nSPS) is 10.8. The van der Waals surface area contributed by atoms with Crippen LogP contribution in [0, 0.1) is 17.0 Å². The molecule has 1 amide bonds. The second kappa shape index (κ2) is 5.11. The Morgan fingerprint density at radius 3 is 2.75 bits per heavy atom. The molecule has 0 aliphatic carbocycles. The predicted molar refractivity (Wildman–Crippen MR) is 70.5 cm³/mol. The van der Waals surface area contributed by atoms with Gasteiger partial charge in [-0.1, -0.05) is 0 Å². The SMILES string of the molecule is Cc1nc(NC(=O)c2cc([N+](=O)[O-])cn2C(C)C)n[nH]1. The molecule has 2 N–H and O–H groups in total. The van der Waals surface area contributed by atoms with E-state index in [-0.39, 0.29) is 23.4 Å². The maximum atomic E-state index is 12.1. The summed E-state index contributed by atoms with van der Waals surface area (Å²) in [5.41, 5.74) is 0.0594. The summed E-state index contributed by atoms with van der Waals surface area (Å²) in [4.78, 5) is 26.4. The number of nitrogens with one attached hydrogen (secondary N) is 2. The van der Waals surface area contributed by atoms with Crippen molar-refractivity contribution in [2.45, 2.75) is 26.8 Å². The summed E-state index contributed by atoms with van der Waals surface area (Å²) < 4.78 is 1.53. The maximum Gasteiger partial charge on any atom is 0.287 e. The van der Waals surface area contributed by atoms with Crippen molar-refractivity contribution < 1.29 is 9.72 Å². The summed E-state index contributed by atoms with van der Waals surface area (Å²) in [5, 5.41) is 19.7. The van der Waals surface area contributed by atoms with Gasteiger partial charge in [0.05, 0.1) is 11.1 Å². The van der Waals surface area contributed by atoms with Crippen LogP contribution in [0.25, 0.3) is 0 Å². The van der Waals surface area contributed by atoms with Crippen molar-refractivity contribution in [1.29, 1.82) is 0 Å². The van der Waals surface area contributed by atoms with Crippen LogP contribution < -0.4 is 5.32 Å². The largest absolute Gasteiger partial charge is 0.335 e. The molecule has 0 aliphatic heterocycles. The molecule has 9 heteroatoms. The Morgan fingerprint density at radius 2 is 2.25 bits per heavy atom. The van der Waals surface area contributed by atoms with Crippen molar-refractivity contribution in [2.24, 2.45) is 0 Å². The monoisotopic (exact) mass is 278 g/mol. The van der Waals surface area contributed by atoms with Gasteiger partial charge in [-0.2, -0.15) is 4.98 Å². The molecule has 0 aliphatic rings. The minimum absolute atomic E-state index is 0.0849. The van der Waals surface area contributed by atoms with Crippen molar-refractivity contribution in [1.82, 2.24) is 19.7 Å². The van der Waals surface area contributed by atoms with Gasteiger partial charge in [0.1, 0.15) is 11.5 Å². The van der Waals surface area contributed by atoms with E-state index in [4.69, 9.17) is 0 Å². The molecule has 0 atom stereocenters. The van der Waals surface area contributed by atoms with Gasteiger partial charge in [-0.3, -0.25) is 25.3 Å². The summed E-state index contributed by atoms with van der Waals surface area (Å²) in [7, 11) is 0. The molecule has 2 aromatic heterocycles. The molecule has 20 heavy (non-hydrogen) atoms. The molecule has 0 spiro atoms. The third-order valence-electron chi connectivity index (χ3n) is 2.66.